The number of halogens is 2. The second kappa shape index (κ2) is 8.40. The fraction of sp³-hybridized carbons (Fsp3) is 0.421. The summed E-state index contributed by atoms with van der Waals surface area (Å²) in [5, 5.41) is 8.65. The topological polar surface area (TPSA) is 62.1 Å². The van der Waals surface area contributed by atoms with E-state index >= 15 is 0 Å². The number of para-hydroxylation sites is 1. The summed E-state index contributed by atoms with van der Waals surface area (Å²) in [5.41, 5.74) is 1.51. The van der Waals surface area contributed by atoms with Crippen LogP contribution in [0.25, 0.3) is 11.0 Å². The molecule has 9 heteroatoms. The summed E-state index contributed by atoms with van der Waals surface area (Å²) in [6.45, 7) is 5.41. The van der Waals surface area contributed by atoms with Gasteiger partial charge in [-0.1, -0.05) is 12.1 Å². The molecule has 0 amide bonds. The summed E-state index contributed by atoms with van der Waals surface area (Å²) < 4.78 is 16.4. The fourth-order valence-electron chi connectivity index (χ4n) is 3.60. The Morgan fingerprint density at radius 3 is 2.71 bits per heavy atom. The van der Waals surface area contributed by atoms with E-state index in [-0.39, 0.29) is 5.82 Å². The number of nitrogens with zero attached hydrogens (tertiary/aromatic N) is 6. The van der Waals surface area contributed by atoms with E-state index in [4.69, 9.17) is 0 Å². The Morgan fingerprint density at radius 1 is 1.14 bits per heavy atom. The van der Waals surface area contributed by atoms with Crippen molar-refractivity contribution in [3.05, 3.63) is 41.0 Å². The van der Waals surface area contributed by atoms with Gasteiger partial charge in [-0.3, -0.25) is 4.90 Å². The Kier molecular flexibility index (Phi) is 5.72. The quantitative estimate of drug-likeness (QED) is 0.586. The van der Waals surface area contributed by atoms with Crippen LogP contribution in [0.15, 0.2) is 35.2 Å². The van der Waals surface area contributed by atoms with Gasteiger partial charge >= 0.3 is 0 Å². The Bertz CT molecular complexity index is 953. The van der Waals surface area contributed by atoms with Crippen LogP contribution >= 0.6 is 15.9 Å². The van der Waals surface area contributed by atoms with E-state index in [0.717, 1.165) is 67.1 Å². The van der Waals surface area contributed by atoms with E-state index in [2.05, 4.69) is 46.1 Å². The van der Waals surface area contributed by atoms with Gasteiger partial charge in [-0.05, 0) is 41.0 Å². The number of rotatable bonds is 6. The first-order valence-electron chi connectivity index (χ1n) is 9.42. The van der Waals surface area contributed by atoms with Crippen molar-refractivity contribution in [2.45, 2.75) is 6.42 Å². The first-order valence-corrected chi connectivity index (χ1v) is 10.2. The summed E-state index contributed by atoms with van der Waals surface area (Å²) in [6, 6.07) is 7.00. The summed E-state index contributed by atoms with van der Waals surface area (Å²) in [4.78, 5) is 13.2. The molecule has 148 valence electrons. The lowest BCUT2D eigenvalue weighted by Gasteiger charge is -2.36. The molecule has 0 bridgehead atoms. The molecule has 3 heterocycles. The van der Waals surface area contributed by atoms with Crippen molar-refractivity contribution in [1.29, 1.82) is 0 Å². The van der Waals surface area contributed by atoms with Crippen molar-refractivity contribution in [2.24, 2.45) is 7.05 Å². The number of piperazine rings is 1. The molecule has 1 aromatic carbocycles. The van der Waals surface area contributed by atoms with Gasteiger partial charge in [-0.25, -0.2) is 19.0 Å². The van der Waals surface area contributed by atoms with Gasteiger partial charge in [0, 0.05) is 39.8 Å². The average Bonchev–Trinajstić information content (AvgIpc) is 3.01. The zero-order valence-corrected chi connectivity index (χ0v) is 17.4. The van der Waals surface area contributed by atoms with Crippen molar-refractivity contribution in [3.63, 3.8) is 0 Å². The van der Waals surface area contributed by atoms with E-state index in [1.54, 1.807) is 17.1 Å². The van der Waals surface area contributed by atoms with Crippen LogP contribution < -0.4 is 10.2 Å². The molecule has 1 saturated heterocycles. The van der Waals surface area contributed by atoms with Crippen LogP contribution in [0.2, 0.25) is 0 Å². The minimum Gasteiger partial charge on any atom is -0.369 e. The van der Waals surface area contributed by atoms with Gasteiger partial charge in [0.25, 0.3) is 0 Å². The minimum absolute atomic E-state index is 0.141. The lowest BCUT2D eigenvalue weighted by molar-refractivity contribution is 0.256. The molecule has 4 rings (SSSR count). The molecule has 2 aromatic heterocycles. The van der Waals surface area contributed by atoms with E-state index in [1.807, 2.05) is 19.2 Å². The van der Waals surface area contributed by atoms with Crippen LogP contribution in [-0.2, 0) is 7.05 Å². The number of hydrogen-bond acceptors (Lipinski definition) is 6. The molecule has 1 aliphatic heterocycles. The number of aryl methyl sites for hydroxylation is 1. The molecule has 0 unspecified atom stereocenters. The van der Waals surface area contributed by atoms with Gasteiger partial charge in [-0.2, -0.15) is 5.10 Å². The third kappa shape index (κ3) is 3.95. The van der Waals surface area contributed by atoms with Crippen LogP contribution in [0.5, 0.6) is 0 Å². The highest BCUT2D eigenvalue weighted by Gasteiger charge is 2.19. The van der Waals surface area contributed by atoms with Crippen molar-refractivity contribution in [2.75, 3.05) is 49.5 Å². The highest BCUT2D eigenvalue weighted by molar-refractivity contribution is 9.10. The van der Waals surface area contributed by atoms with Crippen molar-refractivity contribution in [1.82, 2.24) is 24.6 Å². The van der Waals surface area contributed by atoms with Gasteiger partial charge in [-0.15, -0.1) is 0 Å². The summed E-state index contributed by atoms with van der Waals surface area (Å²) in [6.07, 6.45) is 2.56. The Labute approximate surface area is 171 Å². The number of anilines is 2. The zero-order chi connectivity index (χ0) is 19.5. The second-order valence-electron chi connectivity index (χ2n) is 6.90. The third-order valence-electron chi connectivity index (χ3n) is 5.09. The van der Waals surface area contributed by atoms with Crippen molar-refractivity contribution >= 4 is 38.5 Å². The molecule has 3 aromatic rings. The highest BCUT2D eigenvalue weighted by atomic mass is 79.9. The van der Waals surface area contributed by atoms with E-state index < -0.39 is 0 Å². The predicted molar refractivity (Wildman–Crippen MR) is 112 cm³/mol. The van der Waals surface area contributed by atoms with Crippen LogP contribution in [0.1, 0.15) is 6.42 Å². The molecule has 0 saturated carbocycles. The standard InChI is InChI=1S/C19H23BrFN7/c1-26-19-16(17(20)25-26)18(23-13-24-19)22-7-4-8-27-9-11-28(12-10-27)15-6-3-2-5-14(15)21/h2-3,5-6,13H,4,7-12H2,1H3,(H,22,23,24). The van der Waals surface area contributed by atoms with Crippen LogP contribution in [0, 0.1) is 5.82 Å². The highest BCUT2D eigenvalue weighted by Crippen LogP contribution is 2.26. The Balaban J connectivity index is 1.25. The summed E-state index contributed by atoms with van der Waals surface area (Å²) in [5.74, 6) is 0.659. The number of benzene rings is 1. The van der Waals surface area contributed by atoms with Crippen LogP contribution in [0.4, 0.5) is 15.9 Å². The SMILES string of the molecule is Cn1nc(Br)c2c(NCCCN3CCN(c4ccccc4F)CC3)ncnc21. The van der Waals surface area contributed by atoms with Crippen LogP contribution in [-0.4, -0.2) is 63.9 Å². The van der Waals surface area contributed by atoms with Gasteiger partial charge < -0.3 is 10.2 Å². The maximum absolute atomic E-state index is 13.9. The Hall–Kier alpha value is -2.26. The average molecular weight is 448 g/mol. The first kappa shape index (κ1) is 19.1. The van der Waals surface area contributed by atoms with Crippen molar-refractivity contribution < 1.29 is 4.39 Å². The van der Waals surface area contributed by atoms with Crippen LogP contribution in [0.3, 0.4) is 0 Å². The lowest BCUT2D eigenvalue weighted by atomic mass is 10.2. The number of fused-ring (bicyclic) bond motifs is 1. The minimum atomic E-state index is -0.141. The molecule has 1 N–H and O–H groups in total. The van der Waals surface area contributed by atoms with Crippen molar-refractivity contribution in [3.8, 4) is 0 Å². The van der Waals surface area contributed by atoms with Gasteiger partial charge in [0.2, 0.25) is 0 Å². The monoisotopic (exact) mass is 447 g/mol. The molecule has 0 radical (unpaired) electrons. The molecular weight excluding hydrogens is 425 g/mol. The molecule has 0 aliphatic carbocycles. The van der Waals surface area contributed by atoms with E-state index in [9.17, 15) is 4.39 Å². The molecule has 7 nitrogen and oxygen atoms in total. The molecule has 1 aliphatic rings. The maximum Gasteiger partial charge on any atom is 0.164 e. The number of hydrogen-bond donors (Lipinski definition) is 1. The van der Waals surface area contributed by atoms with Gasteiger partial charge in [0.15, 0.2) is 5.65 Å². The summed E-state index contributed by atoms with van der Waals surface area (Å²) in [7, 11) is 1.87. The molecule has 1 fully saturated rings. The third-order valence-corrected chi connectivity index (χ3v) is 5.64. The second-order valence-corrected chi connectivity index (χ2v) is 7.65. The smallest absolute Gasteiger partial charge is 0.164 e. The molecular formula is C19H23BrFN7. The van der Waals surface area contributed by atoms with E-state index in [1.165, 1.54) is 6.07 Å². The van der Waals surface area contributed by atoms with Gasteiger partial charge in [0.05, 0.1) is 11.1 Å². The first-order chi connectivity index (χ1) is 13.6. The molecule has 0 spiro atoms. The fourth-order valence-corrected chi connectivity index (χ4v) is 4.21. The maximum atomic E-state index is 13.9. The molecule has 0 atom stereocenters. The number of nitrogens with one attached hydrogen (secondary N) is 1. The largest absolute Gasteiger partial charge is 0.369 e. The summed E-state index contributed by atoms with van der Waals surface area (Å²) >= 11 is 3.48. The molecule has 28 heavy (non-hydrogen) atoms. The number of aromatic nitrogens is 4. The predicted octanol–water partition coefficient (Wildman–Crippen LogP) is 2.89. The zero-order valence-electron chi connectivity index (χ0n) is 15.8. The van der Waals surface area contributed by atoms with E-state index in [0.29, 0.717) is 5.69 Å². The van der Waals surface area contributed by atoms with Gasteiger partial charge in [0.1, 0.15) is 22.6 Å². The lowest BCUT2D eigenvalue weighted by Crippen LogP contribution is -2.47. The normalized spacial score (nSPS) is 15.3. The Morgan fingerprint density at radius 2 is 1.93 bits per heavy atom.